The Morgan fingerprint density at radius 2 is 0.817 bits per heavy atom. The van der Waals surface area contributed by atoms with Crippen molar-refractivity contribution < 1.29 is 4.42 Å². The van der Waals surface area contributed by atoms with Crippen LogP contribution < -0.4 is 4.90 Å². The minimum Gasteiger partial charge on any atom is -0.456 e. The van der Waals surface area contributed by atoms with Crippen LogP contribution in [0.25, 0.3) is 77.6 Å². The molecule has 0 atom stereocenters. The van der Waals surface area contributed by atoms with Gasteiger partial charge in [-0.05, 0) is 119 Å². The van der Waals surface area contributed by atoms with E-state index in [2.05, 4.69) is 271 Å². The van der Waals surface area contributed by atoms with Gasteiger partial charge in [0, 0.05) is 16.5 Å². The first-order valence-electron chi connectivity index (χ1n) is 25.1. The van der Waals surface area contributed by atoms with E-state index in [1.165, 1.54) is 77.9 Å². The predicted molar refractivity (Wildman–Crippen MR) is 298 cm³/mol. The summed E-state index contributed by atoms with van der Waals surface area (Å²) in [4.78, 5) is 2.56. The van der Waals surface area contributed by atoms with E-state index in [4.69, 9.17) is 4.42 Å². The van der Waals surface area contributed by atoms with Crippen molar-refractivity contribution in [3.05, 3.63) is 258 Å². The summed E-state index contributed by atoms with van der Waals surface area (Å²) in [7, 11) is 0. The quantitative estimate of drug-likeness (QED) is 0.165. The van der Waals surface area contributed by atoms with Crippen LogP contribution in [-0.4, -0.2) is 0 Å². The molecule has 2 aliphatic carbocycles. The summed E-state index contributed by atoms with van der Waals surface area (Å²) >= 11 is 0. The summed E-state index contributed by atoms with van der Waals surface area (Å²) in [6, 6.07) is 83.6. The van der Waals surface area contributed by atoms with Crippen molar-refractivity contribution in [2.45, 2.75) is 57.8 Å². The predicted octanol–water partition coefficient (Wildman–Crippen LogP) is 19.0. The molecule has 0 bridgehead atoms. The Labute approximate surface area is 417 Å². The van der Waals surface area contributed by atoms with Gasteiger partial charge >= 0.3 is 0 Å². The van der Waals surface area contributed by atoms with Gasteiger partial charge in [0.05, 0.1) is 27.9 Å². The molecule has 11 aromatic rings. The average Bonchev–Trinajstić information content (AvgIpc) is 4.03. The highest BCUT2D eigenvalue weighted by Crippen LogP contribution is 2.66. The fourth-order valence-corrected chi connectivity index (χ4v) is 12.1. The number of anilines is 3. The molecule has 0 unspecified atom stereocenters. The van der Waals surface area contributed by atoms with Crippen LogP contribution in [0.4, 0.5) is 17.1 Å². The van der Waals surface area contributed by atoms with Crippen LogP contribution in [0.1, 0.15) is 74.9 Å². The summed E-state index contributed by atoms with van der Waals surface area (Å²) in [6.07, 6.45) is 0. The Balaban J connectivity index is 1.14. The molecule has 1 aromatic heterocycles. The molecule has 10 aromatic carbocycles. The second-order valence-electron chi connectivity index (χ2n) is 21.6. The van der Waals surface area contributed by atoms with Crippen molar-refractivity contribution in [1.82, 2.24) is 0 Å². The zero-order valence-corrected chi connectivity index (χ0v) is 41.2. The summed E-state index contributed by atoms with van der Waals surface area (Å²) < 4.78 is 6.72. The van der Waals surface area contributed by atoms with E-state index in [0.717, 1.165) is 50.1 Å². The smallest absolute Gasteiger partial charge is 0.137 e. The number of para-hydroxylation sites is 2. The van der Waals surface area contributed by atoms with E-state index in [1.54, 1.807) is 0 Å². The lowest BCUT2D eigenvalue weighted by atomic mass is 9.69. The number of hydrogen-bond acceptors (Lipinski definition) is 2. The van der Waals surface area contributed by atoms with Gasteiger partial charge in [-0.1, -0.05) is 236 Å². The molecule has 2 aliphatic rings. The molecular weight excluding hydrogens is 859 g/mol. The lowest BCUT2D eigenvalue weighted by Gasteiger charge is -2.34. The molecular formula is C69H55NO. The summed E-state index contributed by atoms with van der Waals surface area (Å²) in [5.74, 6) is 0. The molecule has 0 saturated carbocycles. The van der Waals surface area contributed by atoms with E-state index in [9.17, 15) is 0 Å². The van der Waals surface area contributed by atoms with Crippen molar-refractivity contribution >= 4 is 39.0 Å². The topological polar surface area (TPSA) is 16.4 Å². The van der Waals surface area contributed by atoms with Crippen LogP contribution in [-0.2, 0) is 16.2 Å². The van der Waals surface area contributed by atoms with E-state index in [0.29, 0.717) is 0 Å². The van der Waals surface area contributed by atoms with Gasteiger partial charge in [-0.15, -0.1) is 0 Å². The zero-order valence-electron chi connectivity index (χ0n) is 41.2. The highest BCUT2D eigenvalue weighted by Gasteiger charge is 2.53. The largest absolute Gasteiger partial charge is 0.456 e. The molecule has 0 aliphatic heterocycles. The highest BCUT2D eigenvalue weighted by atomic mass is 16.3. The van der Waals surface area contributed by atoms with E-state index < -0.39 is 5.41 Å². The molecule has 0 N–H and O–H groups in total. The van der Waals surface area contributed by atoms with Crippen LogP contribution in [0, 0.1) is 0 Å². The molecule has 1 heterocycles. The third kappa shape index (κ3) is 6.47. The lowest BCUT2D eigenvalue weighted by Crippen LogP contribution is -2.27. The van der Waals surface area contributed by atoms with E-state index in [-0.39, 0.29) is 10.8 Å². The molecule has 1 spiro atoms. The van der Waals surface area contributed by atoms with Gasteiger partial charge in [-0.3, -0.25) is 0 Å². The van der Waals surface area contributed by atoms with Gasteiger partial charge < -0.3 is 9.32 Å². The number of benzene rings is 10. The molecule has 342 valence electrons. The van der Waals surface area contributed by atoms with Crippen LogP contribution in [0.2, 0.25) is 0 Å². The highest BCUT2D eigenvalue weighted by molar-refractivity contribution is 6.15. The Morgan fingerprint density at radius 1 is 0.338 bits per heavy atom. The number of furan rings is 1. The lowest BCUT2D eigenvalue weighted by molar-refractivity contribution is 0.586. The Morgan fingerprint density at radius 3 is 1.49 bits per heavy atom. The third-order valence-corrected chi connectivity index (χ3v) is 15.4. The molecule has 2 nitrogen and oxygen atoms in total. The SMILES string of the molecule is CC(C)(C)c1ccc2c(c1)C1(c3cc(C(C)(C)C)ccc3-2)c2ccccc2-c2c(N(c3ccccc3-c3ccccc3-c3ccccc3-c3ccccc3)c3cccc4oc5ccccc5c34)cccc21. The minimum atomic E-state index is -0.567. The maximum absolute atomic E-state index is 6.72. The van der Waals surface area contributed by atoms with Crippen molar-refractivity contribution in [3.63, 3.8) is 0 Å². The first kappa shape index (κ1) is 42.9. The summed E-state index contributed by atoms with van der Waals surface area (Å²) in [6.45, 7) is 14.0. The van der Waals surface area contributed by atoms with Crippen molar-refractivity contribution in [2.24, 2.45) is 0 Å². The number of fused-ring (bicyclic) bond motifs is 13. The summed E-state index contributed by atoms with van der Waals surface area (Å²) in [5, 5.41) is 2.17. The number of hydrogen-bond donors (Lipinski definition) is 0. The molecule has 2 heteroatoms. The number of nitrogens with zero attached hydrogens (tertiary/aromatic N) is 1. The van der Waals surface area contributed by atoms with Crippen LogP contribution >= 0.6 is 0 Å². The zero-order chi connectivity index (χ0) is 48.2. The molecule has 13 rings (SSSR count). The normalized spacial score (nSPS) is 13.3. The summed E-state index contributed by atoms with van der Waals surface area (Å²) in [5.41, 5.74) is 24.5. The average molecular weight is 914 g/mol. The molecule has 0 radical (unpaired) electrons. The van der Waals surface area contributed by atoms with Crippen molar-refractivity contribution in [1.29, 1.82) is 0 Å². The van der Waals surface area contributed by atoms with Crippen molar-refractivity contribution in [3.8, 4) is 55.6 Å². The van der Waals surface area contributed by atoms with Crippen molar-refractivity contribution in [2.75, 3.05) is 4.90 Å². The van der Waals surface area contributed by atoms with Crippen LogP contribution in [0.15, 0.2) is 229 Å². The van der Waals surface area contributed by atoms with Gasteiger partial charge in [0.25, 0.3) is 0 Å². The van der Waals surface area contributed by atoms with Gasteiger partial charge in [0.1, 0.15) is 11.2 Å². The maximum Gasteiger partial charge on any atom is 0.137 e. The fraction of sp³-hybridized carbons (Fsp3) is 0.130. The molecule has 0 saturated heterocycles. The Hall–Kier alpha value is -8.20. The standard InChI is InChI=1S/C69H55NO/c1-67(2,3)45-38-40-51-52-41-39-46(68(4,5)6)43-59(52)69(58(51)42-45)56-31-17-14-29-54(56)65-57(69)32-20-34-61(65)70(62-35-21-37-64-66(62)55-30-16-19-36-63(55)71-64)60-33-18-15-28-53(60)50-27-13-12-26-49(50)48-25-11-10-24-47(48)44-22-8-7-9-23-44/h7-43H,1-6H3. The third-order valence-electron chi connectivity index (χ3n) is 15.4. The molecule has 0 fully saturated rings. The van der Waals surface area contributed by atoms with Crippen LogP contribution in [0.3, 0.4) is 0 Å². The fourth-order valence-electron chi connectivity index (χ4n) is 12.1. The van der Waals surface area contributed by atoms with Gasteiger partial charge in [0.2, 0.25) is 0 Å². The van der Waals surface area contributed by atoms with E-state index in [1.807, 2.05) is 0 Å². The molecule has 71 heavy (non-hydrogen) atoms. The first-order valence-corrected chi connectivity index (χ1v) is 25.1. The van der Waals surface area contributed by atoms with Gasteiger partial charge in [-0.25, -0.2) is 0 Å². The Kier molecular flexibility index (Phi) is 9.61. The van der Waals surface area contributed by atoms with E-state index >= 15 is 0 Å². The first-order chi connectivity index (χ1) is 34.5. The van der Waals surface area contributed by atoms with Gasteiger partial charge in [0.15, 0.2) is 0 Å². The Bertz CT molecular complexity index is 3850. The molecule has 0 amide bonds. The number of rotatable bonds is 6. The second kappa shape index (κ2) is 15.9. The van der Waals surface area contributed by atoms with Gasteiger partial charge in [-0.2, -0.15) is 0 Å². The monoisotopic (exact) mass is 913 g/mol. The second-order valence-corrected chi connectivity index (χ2v) is 21.6. The maximum atomic E-state index is 6.72. The van der Waals surface area contributed by atoms with Crippen LogP contribution in [0.5, 0.6) is 0 Å². The minimum absolute atomic E-state index is 0.0468.